The molecular formula is C17H22O. The van der Waals surface area contributed by atoms with Crippen molar-refractivity contribution < 1.29 is 5.11 Å². The first kappa shape index (κ1) is 13.2. The summed E-state index contributed by atoms with van der Waals surface area (Å²) in [7, 11) is 0. The molecule has 1 fully saturated rings. The van der Waals surface area contributed by atoms with Crippen molar-refractivity contribution in [2.24, 2.45) is 0 Å². The second-order valence-corrected chi connectivity index (χ2v) is 5.34. The molecule has 18 heavy (non-hydrogen) atoms. The molecule has 1 saturated carbocycles. The maximum absolute atomic E-state index is 10.6. The van der Waals surface area contributed by atoms with E-state index in [9.17, 15) is 5.11 Å². The summed E-state index contributed by atoms with van der Waals surface area (Å²) in [4.78, 5) is 0. The number of aliphatic hydroxyl groups is 1. The lowest BCUT2D eigenvalue weighted by atomic mass is 9.72. The van der Waals surface area contributed by atoms with Gasteiger partial charge in [-0.15, -0.1) is 12.3 Å². The first-order valence-electron chi connectivity index (χ1n) is 6.97. The molecule has 1 aromatic carbocycles. The monoisotopic (exact) mass is 242 g/mol. The van der Waals surface area contributed by atoms with Crippen LogP contribution >= 0.6 is 0 Å². The maximum Gasteiger partial charge on any atom is 0.0637 e. The van der Waals surface area contributed by atoms with Crippen molar-refractivity contribution in [1.82, 2.24) is 0 Å². The van der Waals surface area contributed by atoms with Crippen LogP contribution in [0, 0.1) is 12.3 Å². The largest absolute Gasteiger partial charge is 0.392 e. The second kappa shape index (κ2) is 6.07. The van der Waals surface area contributed by atoms with Crippen LogP contribution in [-0.4, -0.2) is 11.2 Å². The van der Waals surface area contributed by atoms with Gasteiger partial charge >= 0.3 is 0 Å². The van der Waals surface area contributed by atoms with E-state index in [1.807, 2.05) is 6.07 Å². The molecule has 1 unspecified atom stereocenters. The molecule has 1 aromatic rings. The fraction of sp³-hybridized carbons (Fsp3) is 0.529. The summed E-state index contributed by atoms with van der Waals surface area (Å²) in [5, 5.41) is 10.6. The van der Waals surface area contributed by atoms with E-state index in [-0.39, 0.29) is 11.5 Å². The van der Waals surface area contributed by atoms with Crippen molar-refractivity contribution in [3.05, 3.63) is 35.9 Å². The summed E-state index contributed by atoms with van der Waals surface area (Å²) < 4.78 is 0. The van der Waals surface area contributed by atoms with Crippen LogP contribution in [0.2, 0.25) is 0 Å². The van der Waals surface area contributed by atoms with Crippen LogP contribution in [-0.2, 0) is 5.41 Å². The van der Waals surface area contributed by atoms with Gasteiger partial charge in [-0.3, -0.25) is 0 Å². The Morgan fingerprint density at radius 3 is 2.50 bits per heavy atom. The van der Waals surface area contributed by atoms with Crippen LogP contribution in [0.25, 0.3) is 0 Å². The van der Waals surface area contributed by atoms with Gasteiger partial charge in [0.15, 0.2) is 0 Å². The van der Waals surface area contributed by atoms with E-state index < -0.39 is 0 Å². The maximum atomic E-state index is 10.6. The Hall–Kier alpha value is -1.26. The number of rotatable bonds is 5. The third-order valence-corrected chi connectivity index (χ3v) is 4.28. The highest BCUT2D eigenvalue weighted by Gasteiger charge is 2.41. The molecule has 0 aliphatic heterocycles. The SMILES string of the molecule is C#CCCCC(O)C1(c2ccccc2)CCCC1. The molecule has 1 nitrogen and oxygen atoms in total. The van der Waals surface area contributed by atoms with E-state index in [0.717, 1.165) is 32.1 Å². The van der Waals surface area contributed by atoms with E-state index in [4.69, 9.17) is 6.42 Å². The minimum Gasteiger partial charge on any atom is -0.392 e. The van der Waals surface area contributed by atoms with Crippen LogP contribution in [0.4, 0.5) is 0 Å². The molecule has 1 aliphatic carbocycles. The number of hydrogen-bond donors (Lipinski definition) is 1. The lowest BCUT2D eigenvalue weighted by molar-refractivity contribution is 0.0729. The highest BCUT2D eigenvalue weighted by Crippen LogP contribution is 2.45. The molecule has 96 valence electrons. The van der Waals surface area contributed by atoms with Crippen molar-refractivity contribution in [1.29, 1.82) is 0 Å². The van der Waals surface area contributed by atoms with E-state index in [1.54, 1.807) is 0 Å². The zero-order chi connectivity index (χ0) is 12.8. The van der Waals surface area contributed by atoms with E-state index in [1.165, 1.54) is 18.4 Å². The summed E-state index contributed by atoms with van der Waals surface area (Å²) in [6.07, 6.45) is 12.2. The predicted molar refractivity (Wildman–Crippen MR) is 75.3 cm³/mol. The van der Waals surface area contributed by atoms with E-state index >= 15 is 0 Å². The predicted octanol–water partition coefficient (Wildman–Crippen LogP) is 3.66. The molecule has 2 rings (SSSR count). The number of hydrogen-bond acceptors (Lipinski definition) is 1. The van der Waals surface area contributed by atoms with Crippen molar-refractivity contribution in [2.45, 2.75) is 56.5 Å². The smallest absolute Gasteiger partial charge is 0.0637 e. The molecule has 0 amide bonds. The molecule has 1 heteroatoms. The Morgan fingerprint density at radius 2 is 1.89 bits per heavy atom. The van der Waals surface area contributed by atoms with Gasteiger partial charge in [0.05, 0.1) is 6.10 Å². The van der Waals surface area contributed by atoms with Crippen LogP contribution in [0.1, 0.15) is 50.5 Å². The number of benzene rings is 1. The molecule has 0 aromatic heterocycles. The van der Waals surface area contributed by atoms with E-state index in [2.05, 4.69) is 30.2 Å². The zero-order valence-corrected chi connectivity index (χ0v) is 10.9. The minimum atomic E-state index is -0.254. The standard InChI is InChI=1S/C17H22O/c1-2-3-5-12-16(18)17(13-8-9-14-17)15-10-6-4-7-11-15/h1,4,6-7,10-11,16,18H,3,5,8-9,12-14H2. The number of unbranched alkanes of at least 4 members (excludes halogenated alkanes) is 1. The van der Waals surface area contributed by atoms with Crippen LogP contribution in [0.5, 0.6) is 0 Å². The van der Waals surface area contributed by atoms with Gasteiger partial charge in [-0.05, 0) is 31.2 Å². The second-order valence-electron chi connectivity index (χ2n) is 5.34. The third-order valence-electron chi connectivity index (χ3n) is 4.28. The molecule has 1 N–H and O–H groups in total. The lowest BCUT2D eigenvalue weighted by Crippen LogP contribution is -2.37. The van der Waals surface area contributed by atoms with Crippen molar-refractivity contribution in [2.75, 3.05) is 0 Å². The molecule has 0 saturated heterocycles. The van der Waals surface area contributed by atoms with Crippen LogP contribution in [0.15, 0.2) is 30.3 Å². The fourth-order valence-electron chi connectivity index (χ4n) is 3.26. The van der Waals surface area contributed by atoms with Crippen molar-refractivity contribution >= 4 is 0 Å². The molecule has 0 radical (unpaired) electrons. The molecule has 0 bridgehead atoms. The Morgan fingerprint density at radius 1 is 1.22 bits per heavy atom. The molecular weight excluding hydrogens is 220 g/mol. The molecule has 1 atom stereocenters. The molecule has 1 aliphatic rings. The summed E-state index contributed by atoms with van der Waals surface area (Å²) in [5.74, 6) is 2.65. The molecule has 0 spiro atoms. The summed E-state index contributed by atoms with van der Waals surface area (Å²) in [5.41, 5.74) is 1.28. The Kier molecular flexibility index (Phi) is 4.44. The Bertz CT molecular complexity index is 395. The lowest BCUT2D eigenvalue weighted by Gasteiger charge is -2.35. The molecule has 0 heterocycles. The van der Waals surface area contributed by atoms with Gasteiger partial charge in [-0.1, -0.05) is 43.2 Å². The van der Waals surface area contributed by atoms with Gasteiger partial charge in [0.2, 0.25) is 0 Å². The van der Waals surface area contributed by atoms with Crippen molar-refractivity contribution in [3.63, 3.8) is 0 Å². The first-order chi connectivity index (χ1) is 8.79. The Balaban J connectivity index is 2.14. The van der Waals surface area contributed by atoms with Crippen LogP contribution < -0.4 is 0 Å². The fourth-order valence-corrected chi connectivity index (χ4v) is 3.26. The average molecular weight is 242 g/mol. The Labute approximate surface area is 110 Å². The normalized spacial score (nSPS) is 19.3. The quantitative estimate of drug-likeness (QED) is 0.617. The van der Waals surface area contributed by atoms with Crippen LogP contribution in [0.3, 0.4) is 0 Å². The van der Waals surface area contributed by atoms with Gasteiger partial charge in [0, 0.05) is 11.8 Å². The minimum absolute atomic E-state index is 0.0180. The number of aliphatic hydroxyl groups excluding tert-OH is 1. The average Bonchev–Trinajstić information content (AvgIpc) is 2.90. The van der Waals surface area contributed by atoms with Gasteiger partial charge in [0.25, 0.3) is 0 Å². The summed E-state index contributed by atoms with van der Waals surface area (Å²) >= 11 is 0. The highest BCUT2D eigenvalue weighted by molar-refractivity contribution is 5.28. The zero-order valence-electron chi connectivity index (χ0n) is 10.9. The topological polar surface area (TPSA) is 20.2 Å². The van der Waals surface area contributed by atoms with Gasteiger partial charge < -0.3 is 5.11 Å². The van der Waals surface area contributed by atoms with Gasteiger partial charge in [0.1, 0.15) is 0 Å². The van der Waals surface area contributed by atoms with Gasteiger partial charge in [-0.2, -0.15) is 0 Å². The summed E-state index contributed by atoms with van der Waals surface area (Å²) in [6.45, 7) is 0. The third kappa shape index (κ3) is 2.60. The number of terminal acetylenes is 1. The van der Waals surface area contributed by atoms with E-state index in [0.29, 0.717) is 0 Å². The summed E-state index contributed by atoms with van der Waals surface area (Å²) in [6, 6.07) is 10.5. The first-order valence-corrected chi connectivity index (χ1v) is 6.97. The highest BCUT2D eigenvalue weighted by atomic mass is 16.3. The van der Waals surface area contributed by atoms with Gasteiger partial charge in [-0.25, -0.2) is 0 Å². The van der Waals surface area contributed by atoms with Crippen molar-refractivity contribution in [3.8, 4) is 12.3 Å².